The zero-order chi connectivity index (χ0) is 12.3. The van der Waals surface area contributed by atoms with Crippen LogP contribution in [0.4, 0.5) is 0 Å². The Morgan fingerprint density at radius 3 is 2.35 bits per heavy atom. The molecule has 0 fully saturated rings. The molecule has 1 aliphatic rings. The van der Waals surface area contributed by atoms with Crippen LogP contribution in [-0.2, 0) is 0 Å². The number of allylic oxidation sites excluding steroid dienone is 1. The van der Waals surface area contributed by atoms with Gasteiger partial charge in [-0.2, -0.15) is 0 Å². The van der Waals surface area contributed by atoms with E-state index < -0.39 is 0 Å². The SMILES string of the molecule is NNC(C1=CCCCC1)c1cc(Br)cc(Br)c1. The number of benzene rings is 1. The third-order valence-corrected chi connectivity index (χ3v) is 4.00. The van der Waals surface area contributed by atoms with E-state index >= 15 is 0 Å². The third kappa shape index (κ3) is 3.41. The highest BCUT2D eigenvalue weighted by Crippen LogP contribution is 2.32. The Balaban J connectivity index is 2.31. The average molecular weight is 360 g/mol. The third-order valence-electron chi connectivity index (χ3n) is 3.08. The van der Waals surface area contributed by atoms with E-state index in [1.807, 2.05) is 6.07 Å². The van der Waals surface area contributed by atoms with Crippen LogP contribution in [-0.4, -0.2) is 0 Å². The summed E-state index contributed by atoms with van der Waals surface area (Å²) < 4.78 is 2.14. The van der Waals surface area contributed by atoms with Crippen molar-refractivity contribution in [2.75, 3.05) is 0 Å². The van der Waals surface area contributed by atoms with E-state index in [0.29, 0.717) is 0 Å². The van der Waals surface area contributed by atoms with E-state index in [1.165, 1.54) is 30.4 Å². The van der Waals surface area contributed by atoms with Crippen molar-refractivity contribution in [3.05, 3.63) is 44.4 Å². The maximum absolute atomic E-state index is 5.71. The van der Waals surface area contributed by atoms with Gasteiger partial charge in [0.05, 0.1) is 6.04 Å². The van der Waals surface area contributed by atoms with E-state index in [-0.39, 0.29) is 6.04 Å². The van der Waals surface area contributed by atoms with Crippen LogP contribution in [0.5, 0.6) is 0 Å². The largest absolute Gasteiger partial charge is 0.271 e. The van der Waals surface area contributed by atoms with E-state index in [2.05, 4.69) is 55.5 Å². The van der Waals surface area contributed by atoms with Gasteiger partial charge in [0.2, 0.25) is 0 Å². The first-order valence-electron chi connectivity index (χ1n) is 5.82. The van der Waals surface area contributed by atoms with Crippen LogP contribution in [0.3, 0.4) is 0 Å². The molecule has 0 bridgehead atoms. The highest BCUT2D eigenvalue weighted by Gasteiger charge is 2.17. The lowest BCUT2D eigenvalue weighted by Crippen LogP contribution is -2.30. The summed E-state index contributed by atoms with van der Waals surface area (Å²) in [6.45, 7) is 0. The van der Waals surface area contributed by atoms with Crippen molar-refractivity contribution in [3.8, 4) is 0 Å². The Labute approximate surface area is 119 Å². The summed E-state index contributed by atoms with van der Waals surface area (Å²) in [6, 6.07) is 6.39. The van der Waals surface area contributed by atoms with Gasteiger partial charge in [-0.1, -0.05) is 43.5 Å². The minimum absolute atomic E-state index is 0.129. The Morgan fingerprint density at radius 2 is 1.82 bits per heavy atom. The Morgan fingerprint density at radius 1 is 1.12 bits per heavy atom. The van der Waals surface area contributed by atoms with Gasteiger partial charge < -0.3 is 0 Å². The molecule has 0 saturated carbocycles. The fraction of sp³-hybridized carbons (Fsp3) is 0.385. The molecule has 0 heterocycles. The average Bonchev–Trinajstić information content (AvgIpc) is 2.30. The first-order chi connectivity index (χ1) is 8.20. The Bertz CT molecular complexity index is 409. The van der Waals surface area contributed by atoms with Crippen LogP contribution in [0.2, 0.25) is 0 Å². The minimum atomic E-state index is 0.129. The zero-order valence-corrected chi connectivity index (χ0v) is 12.7. The number of nitrogens with one attached hydrogen (secondary N) is 1. The smallest absolute Gasteiger partial charge is 0.0670 e. The highest BCUT2D eigenvalue weighted by atomic mass is 79.9. The fourth-order valence-electron chi connectivity index (χ4n) is 2.28. The predicted molar refractivity (Wildman–Crippen MR) is 78.5 cm³/mol. The lowest BCUT2D eigenvalue weighted by atomic mass is 9.90. The molecule has 0 spiro atoms. The van der Waals surface area contributed by atoms with E-state index in [9.17, 15) is 0 Å². The van der Waals surface area contributed by atoms with Crippen LogP contribution < -0.4 is 11.3 Å². The molecule has 1 aromatic rings. The quantitative estimate of drug-likeness (QED) is 0.481. The number of rotatable bonds is 3. The molecule has 2 rings (SSSR count). The van der Waals surface area contributed by atoms with Crippen LogP contribution >= 0.6 is 31.9 Å². The van der Waals surface area contributed by atoms with Crippen LogP contribution in [0.15, 0.2) is 38.8 Å². The number of hydrogen-bond acceptors (Lipinski definition) is 2. The molecular weight excluding hydrogens is 344 g/mol. The summed E-state index contributed by atoms with van der Waals surface area (Å²) in [5, 5.41) is 0. The van der Waals surface area contributed by atoms with Gasteiger partial charge in [0, 0.05) is 8.95 Å². The molecule has 1 aromatic carbocycles. The van der Waals surface area contributed by atoms with Gasteiger partial charge >= 0.3 is 0 Å². The second kappa shape index (κ2) is 6.14. The molecule has 0 aliphatic heterocycles. The van der Waals surface area contributed by atoms with Crippen molar-refractivity contribution in [2.45, 2.75) is 31.7 Å². The van der Waals surface area contributed by atoms with Crippen molar-refractivity contribution in [1.29, 1.82) is 0 Å². The summed E-state index contributed by atoms with van der Waals surface area (Å²) >= 11 is 7.03. The molecule has 0 aromatic heterocycles. The standard InChI is InChI=1S/C13H16Br2N2/c14-11-6-10(7-12(15)8-11)13(17-16)9-4-2-1-3-5-9/h4,6-8,13,17H,1-3,5,16H2. The van der Waals surface area contributed by atoms with Crippen molar-refractivity contribution >= 4 is 31.9 Å². The molecule has 1 aliphatic carbocycles. The Kier molecular flexibility index (Phi) is 4.79. The normalized spacial score (nSPS) is 17.7. The van der Waals surface area contributed by atoms with Gasteiger partial charge in [0.15, 0.2) is 0 Å². The lowest BCUT2D eigenvalue weighted by molar-refractivity contribution is 0.565. The second-order valence-corrected chi connectivity index (χ2v) is 6.16. The Hall–Kier alpha value is -0.160. The highest BCUT2D eigenvalue weighted by molar-refractivity contribution is 9.11. The van der Waals surface area contributed by atoms with Crippen molar-refractivity contribution < 1.29 is 0 Å². The van der Waals surface area contributed by atoms with Crippen LogP contribution in [0, 0.1) is 0 Å². The van der Waals surface area contributed by atoms with Gasteiger partial charge in [-0.25, -0.2) is 5.43 Å². The first kappa shape index (κ1) is 13.3. The number of hydrazine groups is 1. The van der Waals surface area contributed by atoms with E-state index in [0.717, 1.165) is 15.4 Å². The lowest BCUT2D eigenvalue weighted by Gasteiger charge is -2.23. The summed E-state index contributed by atoms with van der Waals surface area (Å²) in [7, 11) is 0. The molecular formula is C13H16Br2N2. The summed E-state index contributed by atoms with van der Waals surface area (Å²) in [6.07, 6.45) is 7.19. The van der Waals surface area contributed by atoms with Crippen LogP contribution in [0.1, 0.15) is 37.3 Å². The van der Waals surface area contributed by atoms with E-state index in [1.54, 1.807) is 0 Å². The number of hydrogen-bond donors (Lipinski definition) is 2. The molecule has 4 heteroatoms. The van der Waals surface area contributed by atoms with Crippen molar-refractivity contribution in [2.24, 2.45) is 5.84 Å². The maximum Gasteiger partial charge on any atom is 0.0670 e. The summed E-state index contributed by atoms with van der Waals surface area (Å²) in [4.78, 5) is 0. The zero-order valence-electron chi connectivity index (χ0n) is 9.55. The molecule has 0 saturated heterocycles. The van der Waals surface area contributed by atoms with Gasteiger partial charge in [-0.15, -0.1) is 0 Å². The second-order valence-electron chi connectivity index (χ2n) is 4.33. The van der Waals surface area contributed by atoms with Gasteiger partial charge in [0.1, 0.15) is 0 Å². The molecule has 17 heavy (non-hydrogen) atoms. The first-order valence-corrected chi connectivity index (χ1v) is 7.40. The molecule has 92 valence electrons. The minimum Gasteiger partial charge on any atom is -0.271 e. The van der Waals surface area contributed by atoms with Gasteiger partial charge in [0.25, 0.3) is 0 Å². The van der Waals surface area contributed by atoms with Crippen molar-refractivity contribution in [1.82, 2.24) is 5.43 Å². The summed E-state index contributed by atoms with van der Waals surface area (Å²) in [5.41, 5.74) is 5.54. The number of halogens is 2. The van der Waals surface area contributed by atoms with E-state index in [4.69, 9.17) is 5.84 Å². The molecule has 0 radical (unpaired) electrons. The molecule has 0 amide bonds. The molecule has 2 nitrogen and oxygen atoms in total. The predicted octanol–water partition coefficient (Wildman–Crippen LogP) is 4.22. The van der Waals surface area contributed by atoms with Crippen LogP contribution in [0.25, 0.3) is 0 Å². The number of nitrogens with two attached hydrogens (primary N) is 1. The summed E-state index contributed by atoms with van der Waals surface area (Å²) in [5.74, 6) is 5.71. The monoisotopic (exact) mass is 358 g/mol. The molecule has 1 atom stereocenters. The molecule has 3 N–H and O–H groups in total. The topological polar surface area (TPSA) is 38.0 Å². The molecule has 1 unspecified atom stereocenters. The maximum atomic E-state index is 5.71. The fourth-order valence-corrected chi connectivity index (χ4v) is 3.61. The van der Waals surface area contributed by atoms with Crippen molar-refractivity contribution in [3.63, 3.8) is 0 Å². The van der Waals surface area contributed by atoms with Gasteiger partial charge in [-0.3, -0.25) is 5.84 Å². The van der Waals surface area contributed by atoms with Gasteiger partial charge in [-0.05, 0) is 49.4 Å².